The highest BCUT2D eigenvalue weighted by atomic mass is 16.7. The van der Waals surface area contributed by atoms with Gasteiger partial charge < -0.3 is 15.7 Å². The Kier molecular flexibility index (Phi) is 16.7. The fraction of sp³-hybridized carbons (Fsp3) is 0.639. The molecular formula is C36H48N4O12. The number of rotatable bonds is 8. The van der Waals surface area contributed by atoms with Crippen molar-refractivity contribution < 1.29 is 57.9 Å². The normalized spacial score (nSPS) is 25.8. The van der Waals surface area contributed by atoms with Crippen LogP contribution in [0.15, 0.2) is 24.3 Å². The molecule has 16 heteroatoms. The van der Waals surface area contributed by atoms with E-state index in [0.29, 0.717) is 62.2 Å². The predicted octanol–water partition coefficient (Wildman–Crippen LogP) is 2.07. The van der Waals surface area contributed by atoms with E-state index in [2.05, 4.69) is 0 Å². The number of imide groups is 3. The van der Waals surface area contributed by atoms with Crippen molar-refractivity contribution in [3.8, 4) is 0 Å². The molecule has 1 saturated heterocycles. The average Bonchev–Trinajstić information content (AvgIpc) is 3.76. The average molecular weight is 729 g/mol. The summed E-state index contributed by atoms with van der Waals surface area (Å²) in [5, 5.41) is 9.24. The Bertz CT molecular complexity index is 1380. The summed E-state index contributed by atoms with van der Waals surface area (Å²) in [5.74, 6) is -2.25. The van der Waals surface area contributed by atoms with Crippen molar-refractivity contribution in [2.75, 3.05) is 19.6 Å². The second kappa shape index (κ2) is 20.9. The summed E-state index contributed by atoms with van der Waals surface area (Å²) in [6.45, 7) is 1.70. The minimum Gasteiger partial charge on any atom is -0.481 e. The minimum absolute atomic E-state index is 0.0742. The van der Waals surface area contributed by atoms with Crippen LogP contribution in [0.25, 0.3) is 0 Å². The number of carboxylic acids is 1. The molecule has 0 bridgehead atoms. The Morgan fingerprint density at radius 3 is 1.42 bits per heavy atom. The van der Waals surface area contributed by atoms with Gasteiger partial charge in [-0.2, -0.15) is 9.59 Å². The third kappa shape index (κ3) is 12.4. The summed E-state index contributed by atoms with van der Waals surface area (Å²) in [6, 6.07) is 0. The highest BCUT2D eigenvalue weighted by Crippen LogP contribution is 2.32. The number of aliphatic carboxylic acids is 1. The number of carboxylic acid groups (broad SMARTS) is 1. The van der Waals surface area contributed by atoms with Crippen molar-refractivity contribution in [2.24, 2.45) is 35.3 Å². The summed E-state index contributed by atoms with van der Waals surface area (Å²) < 4.78 is 0. The predicted molar refractivity (Wildman–Crippen MR) is 178 cm³/mol. The van der Waals surface area contributed by atoms with E-state index in [1.807, 2.05) is 0 Å². The van der Waals surface area contributed by atoms with Crippen molar-refractivity contribution in [2.45, 2.75) is 96.3 Å². The van der Waals surface area contributed by atoms with Gasteiger partial charge in [-0.05, 0) is 88.5 Å². The quantitative estimate of drug-likeness (QED) is 0.341. The van der Waals surface area contributed by atoms with Crippen LogP contribution >= 0.6 is 0 Å². The Morgan fingerprint density at radius 2 is 1.02 bits per heavy atom. The first-order chi connectivity index (χ1) is 24.9. The zero-order valence-electron chi connectivity index (χ0n) is 29.3. The molecule has 3 aliphatic carbocycles. The van der Waals surface area contributed by atoms with Crippen LogP contribution in [0.3, 0.4) is 0 Å². The monoisotopic (exact) mass is 728 g/mol. The molecule has 4 fully saturated rings. The van der Waals surface area contributed by atoms with Crippen molar-refractivity contribution in [3.05, 3.63) is 24.3 Å². The molecule has 3 aliphatic heterocycles. The maximum Gasteiger partial charge on any atom is 0.373 e. The van der Waals surface area contributed by atoms with Gasteiger partial charge in [-0.3, -0.25) is 43.4 Å². The first-order valence-electron chi connectivity index (χ1n) is 17.9. The standard InChI is InChI=1S/C16H18N2O6.C11H15NO2.C8H15NO2.CO2/c19-12-5-6-13(20)17(12)9-10-1-3-11(4-2-10)16(23)24-18-14(21)7-8-15(18)22;13-10-6-7-11(14)12(10)8-9-4-2-1-3-5-9;9-5-6-1-3-7(4-2-6)8(10)11;2-1-3/h5-6,10-11H,1-4,7-9H2;6-7,9H,1-5,8H2;6-7H,1-5,9H2,(H,10,11);. The van der Waals surface area contributed by atoms with E-state index in [4.69, 9.17) is 25.3 Å². The number of hydroxylamine groups is 2. The maximum absolute atomic E-state index is 12.1. The zero-order valence-corrected chi connectivity index (χ0v) is 29.3. The van der Waals surface area contributed by atoms with Crippen molar-refractivity contribution in [1.82, 2.24) is 14.9 Å². The van der Waals surface area contributed by atoms with Crippen molar-refractivity contribution in [1.29, 1.82) is 0 Å². The van der Waals surface area contributed by atoms with Crippen LogP contribution in [0.2, 0.25) is 0 Å². The van der Waals surface area contributed by atoms with E-state index in [9.17, 15) is 38.4 Å². The van der Waals surface area contributed by atoms with Crippen LogP contribution in [0.1, 0.15) is 96.3 Å². The lowest BCUT2D eigenvalue weighted by Crippen LogP contribution is -2.38. The largest absolute Gasteiger partial charge is 0.481 e. The van der Waals surface area contributed by atoms with E-state index in [1.54, 1.807) is 0 Å². The number of carbonyl (C=O) groups excluding carboxylic acids is 9. The molecule has 6 aliphatic rings. The molecule has 3 heterocycles. The molecule has 0 atom stereocenters. The van der Waals surface area contributed by atoms with Gasteiger partial charge in [-0.1, -0.05) is 19.3 Å². The number of amides is 6. The third-order valence-corrected chi connectivity index (χ3v) is 10.3. The minimum atomic E-state index is -0.638. The molecular weight excluding hydrogens is 680 g/mol. The van der Waals surface area contributed by atoms with Gasteiger partial charge in [0.15, 0.2) is 0 Å². The van der Waals surface area contributed by atoms with Crippen LogP contribution in [-0.2, 0) is 52.8 Å². The second-order valence-electron chi connectivity index (χ2n) is 13.8. The third-order valence-electron chi connectivity index (χ3n) is 10.3. The molecule has 0 radical (unpaired) electrons. The number of hydrogen-bond acceptors (Lipinski definition) is 12. The van der Waals surface area contributed by atoms with Gasteiger partial charge in [0.25, 0.3) is 35.4 Å². The fourth-order valence-electron chi connectivity index (χ4n) is 7.16. The molecule has 6 amide bonds. The molecule has 0 unspecified atom stereocenters. The molecule has 3 saturated carbocycles. The molecule has 52 heavy (non-hydrogen) atoms. The SMILES string of the molecule is NCC1CCC(C(=O)O)CC1.O=C(ON1C(=O)CCC1=O)C1CCC(CN2C(=O)C=CC2=O)CC1.O=C1C=CC(=O)N1CC1CCCCC1.O=C=O. The smallest absolute Gasteiger partial charge is 0.373 e. The molecule has 16 nitrogen and oxygen atoms in total. The van der Waals surface area contributed by atoms with E-state index in [1.165, 1.54) is 53.4 Å². The lowest BCUT2D eigenvalue weighted by molar-refractivity contribution is -0.201. The van der Waals surface area contributed by atoms with Crippen LogP contribution in [-0.4, -0.2) is 93.1 Å². The highest BCUT2D eigenvalue weighted by molar-refractivity contribution is 6.13. The number of carbonyl (C=O) groups is 8. The Hall–Kier alpha value is -4.82. The van der Waals surface area contributed by atoms with Gasteiger partial charge in [0.05, 0.1) is 11.8 Å². The fourth-order valence-corrected chi connectivity index (χ4v) is 7.16. The van der Waals surface area contributed by atoms with Crippen LogP contribution in [0.5, 0.6) is 0 Å². The topological polar surface area (TPSA) is 236 Å². The highest BCUT2D eigenvalue weighted by Gasteiger charge is 2.37. The first kappa shape index (κ1) is 41.6. The molecule has 3 N–H and O–H groups in total. The Labute approximate surface area is 301 Å². The van der Waals surface area contributed by atoms with Gasteiger partial charge in [0.2, 0.25) is 0 Å². The molecule has 0 aromatic carbocycles. The van der Waals surface area contributed by atoms with Gasteiger partial charge in [0.1, 0.15) is 0 Å². The lowest BCUT2D eigenvalue weighted by atomic mass is 9.82. The number of nitrogens with two attached hydrogens (primary N) is 1. The van der Waals surface area contributed by atoms with E-state index >= 15 is 0 Å². The molecule has 6 rings (SSSR count). The molecule has 284 valence electrons. The Morgan fingerprint density at radius 1 is 0.635 bits per heavy atom. The van der Waals surface area contributed by atoms with E-state index in [-0.39, 0.29) is 60.4 Å². The number of hydrogen-bond donors (Lipinski definition) is 2. The molecule has 0 aromatic rings. The zero-order chi connectivity index (χ0) is 38.2. The molecule has 0 aromatic heterocycles. The van der Waals surface area contributed by atoms with Crippen LogP contribution in [0, 0.1) is 29.6 Å². The van der Waals surface area contributed by atoms with E-state index < -0.39 is 23.8 Å². The van der Waals surface area contributed by atoms with Crippen molar-refractivity contribution >= 4 is 53.5 Å². The first-order valence-corrected chi connectivity index (χ1v) is 17.9. The summed E-state index contributed by atoms with van der Waals surface area (Å²) >= 11 is 0. The Balaban J connectivity index is 0.000000220. The van der Waals surface area contributed by atoms with Crippen LogP contribution < -0.4 is 5.73 Å². The maximum atomic E-state index is 12.1. The van der Waals surface area contributed by atoms with Gasteiger partial charge in [-0.15, -0.1) is 5.06 Å². The van der Waals surface area contributed by atoms with Gasteiger partial charge >= 0.3 is 18.1 Å². The second-order valence-corrected chi connectivity index (χ2v) is 13.8. The summed E-state index contributed by atoms with van der Waals surface area (Å²) in [5.41, 5.74) is 5.48. The van der Waals surface area contributed by atoms with Crippen molar-refractivity contribution in [3.63, 3.8) is 0 Å². The summed E-state index contributed by atoms with van der Waals surface area (Å²) in [4.78, 5) is 115. The van der Waals surface area contributed by atoms with E-state index in [0.717, 1.165) is 38.5 Å². The summed E-state index contributed by atoms with van der Waals surface area (Å²) in [6.07, 6.45) is 17.8. The lowest BCUT2D eigenvalue weighted by Gasteiger charge is -2.29. The summed E-state index contributed by atoms with van der Waals surface area (Å²) in [7, 11) is 0. The van der Waals surface area contributed by atoms with Gasteiger partial charge in [0, 0.05) is 50.2 Å². The molecule has 0 spiro atoms. The van der Waals surface area contributed by atoms with Crippen LogP contribution in [0.4, 0.5) is 0 Å². The number of nitrogens with zero attached hydrogens (tertiary/aromatic N) is 3. The van der Waals surface area contributed by atoms with Gasteiger partial charge in [-0.25, -0.2) is 4.79 Å².